The Hall–Kier alpha value is -2.09. The summed E-state index contributed by atoms with van der Waals surface area (Å²) in [6, 6.07) is 1.88. The summed E-state index contributed by atoms with van der Waals surface area (Å²) < 4.78 is 1.79. The molecule has 0 aliphatic heterocycles. The first kappa shape index (κ1) is 11.4. The maximum Gasteiger partial charge on any atom is 0.210 e. The predicted octanol–water partition coefficient (Wildman–Crippen LogP) is 1.56. The fourth-order valence-corrected chi connectivity index (χ4v) is 1.90. The van der Waals surface area contributed by atoms with E-state index < -0.39 is 0 Å². The number of aromatic nitrogens is 3. The minimum absolute atomic E-state index is 0.129. The number of pyridine rings is 1. The van der Waals surface area contributed by atoms with Crippen molar-refractivity contribution in [2.75, 3.05) is 0 Å². The number of hydrogen-bond donors (Lipinski definition) is 1. The molecule has 2 aromatic heterocycles. The standard InChI is InChI=1S/C12H14N4O/c1-7(2)6-16-12-10(8(3)15-16)11(17)9(4-13)5-14-12/h5,7H,6H2,1-3H3,(H,14,17). The number of nitriles is 1. The molecule has 5 nitrogen and oxygen atoms in total. The Labute approximate surface area is 98.7 Å². The minimum Gasteiger partial charge on any atom is -0.345 e. The second-order valence-electron chi connectivity index (χ2n) is 4.53. The summed E-state index contributed by atoms with van der Waals surface area (Å²) in [6.07, 6.45) is 1.45. The van der Waals surface area contributed by atoms with E-state index in [4.69, 9.17) is 5.26 Å². The van der Waals surface area contributed by atoms with E-state index in [2.05, 4.69) is 23.9 Å². The lowest BCUT2D eigenvalue weighted by molar-refractivity contribution is 0.490. The van der Waals surface area contributed by atoms with Crippen molar-refractivity contribution >= 4 is 11.0 Å². The van der Waals surface area contributed by atoms with E-state index in [1.165, 1.54) is 6.20 Å². The fraction of sp³-hybridized carbons (Fsp3) is 0.417. The van der Waals surface area contributed by atoms with Crippen molar-refractivity contribution in [3.8, 4) is 6.07 Å². The predicted molar refractivity (Wildman–Crippen MR) is 64.6 cm³/mol. The van der Waals surface area contributed by atoms with Crippen molar-refractivity contribution in [2.24, 2.45) is 5.92 Å². The molecule has 0 aromatic carbocycles. The van der Waals surface area contributed by atoms with Crippen LogP contribution in [-0.4, -0.2) is 14.8 Å². The smallest absolute Gasteiger partial charge is 0.210 e. The van der Waals surface area contributed by atoms with Crippen LogP contribution in [0.3, 0.4) is 0 Å². The molecule has 0 spiro atoms. The zero-order chi connectivity index (χ0) is 12.6. The van der Waals surface area contributed by atoms with E-state index in [9.17, 15) is 4.79 Å². The van der Waals surface area contributed by atoms with Crippen LogP contribution in [0.1, 0.15) is 25.1 Å². The fourth-order valence-electron chi connectivity index (χ4n) is 1.90. The Morgan fingerprint density at radius 1 is 1.59 bits per heavy atom. The van der Waals surface area contributed by atoms with Crippen molar-refractivity contribution < 1.29 is 0 Å². The summed E-state index contributed by atoms with van der Waals surface area (Å²) in [5.41, 5.74) is 1.25. The van der Waals surface area contributed by atoms with Gasteiger partial charge in [-0.25, -0.2) is 4.68 Å². The van der Waals surface area contributed by atoms with Crippen molar-refractivity contribution in [2.45, 2.75) is 27.3 Å². The molecule has 0 aliphatic rings. The summed E-state index contributed by atoms with van der Waals surface area (Å²) in [4.78, 5) is 15.0. The Morgan fingerprint density at radius 3 is 2.88 bits per heavy atom. The van der Waals surface area contributed by atoms with Crippen LogP contribution in [0.2, 0.25) is 0 Å². The van der Waals surface area contributed by atoms with E-state index in [0.717, 1.165) is 6.54 Å². The van der Waals surface area contributed by atoms with Crippen molar-refractivity contribution in [3.05, 3.63) is 27.7 Å². The molecule has 0 amide bonds. The molecular weight excluding hydrogens is 216 g/mol. The summed E-state index contributed by atoms with van der Waals surface area (Å²) in [7, 11) is 0. The molecule has 0 atom stereocenters. The van der Waals surface area contributed by atoms with Gasteiger partial charge in [0.2, 0.25) is 5.43 Å². The number of aromatic amines is 1. The van der Waals surface area contributed by atoms with Crippen LogP contribution in [0.25, 0.3) is 11.0 Å². The molecule has 0 aliphatic carbocycles. The van der Waals surface area contributed by atoms with Gasteiger partial charge in [0.15, 0.2) is 0 Å². The zero-order valence-electron chi connectivity index (χ0n) is 10.1. The van der Waals surface area contributed by atoms with Crippen LogP contribution in [0.15, 0.2) is 11.0 Å². The molecule has 0 saturated carbocycles. The lowest BCUT2D eigenvalue weighted by Crippen LogP contribution is -2.10. The van der Waals surface area contributed by atoms with Crippen molar-refractivity contribution in [3.63, 3.8) is 0 Å². The van der Waals surface area contributed by atoms with Gasteiger partial charge in [-0.05, 0) is 12.8 Å². The highest BCUT2D eigenvalue weighted by atomic mass is 16.1. The van der Waals surface area contributed by atoms with Gasteiger partial charge < -0.3 is 4.98 Å². The number of hydrogen-bond acceptors (Lipinski definition) is 3. The molecule has 0 fully saturated rings. The van der Waals surface area contributed by atoms with Crippen LogP contribution in [-0.2, 0) is 6.54 Å². The molecular formula is C12H14N4O. The molecule has 88 valence electrons. The molecule has 0 saturated heterocycles. The average Bonchev–Trinajstić information content (AvgIpc) is 2.56. The van der Waals surface area contributed by atoms with Gasteiger partial charge in [0, 0.05) is 12.7 Å². The number of rotatable bonds is 2. The van der Waals surface area contributed by atoms with Crippen LogP contribution < -0.4 is 5.43 Å². The first-order chi connectivity index (χ1) is 8.04. The summed E-state index contributed by atoms with van der Waals surface area (Å²) in [5.74, 6) is 0.441. The maximum absolute atomic E-state index is 12.0. The first-order valence-electron chi connectivity index (χ1n) is 5.53. The maximum atomic E-state index is 12.0. The largest absolute Gasteiger partial charge is 0.345 e. The van der Waals surface area contributed by atoms with Gasteiger partial charge >= 0.3 is 0 Å². The third-order valence-corrected chi connectivity index (χ3v) is 2.61. The van der Waals surface area contributed by atoms with E-state index >= 15 is 0 Å². The summed E-state index contributed by atoms with van der Waals surface area (Å²) in [6.45, 7) is 6.71. The summed E-state index contributed by atoms with van der Waals surface area (Å²) in [5, 5.41) is 13.7. The Morgan fingerprint density at radius 2 is 2.29 bits per heavy atom. The molecule has 0 radical (unpaired) electrons. The van der Waals surface area contributed by atoms with Gasteiger partial charge in [-0.3, -0.25) is 4.79 Å². The van der Waals surface area contributed by atoms with Gasteiger partial charge in [0.05, 0.1) is 11.1 Å². The van der Waals surface area contributed by atoms with Crippen LogP contribution in [0, 0.1) is 24.2 Å². The monoisotopic (exact) mass is 230 g/mol. The van der Waals surface area contributed by atoms with Gasteiger partial charge in [-0.1, -0.05) is 13.8 Å². The number of aryl methyl sites for hydroxylation is 1. The molecule has 17 heavy (non-hydrogen) atoms. The van der Waals surface area contributed by atoms with Crippen molar-refractivity contribution in [1.82, 2.24) is 14.8 Å². The molecule has 0 bridgehead atoms. The third-order valence-electron chi connectivity index (χ3n) is 2.61. The topological polar surface area (TPSA) is 74.5 Å². The molecule has 2 aromatic rings. The Balaban J connectivity index is 2.74. The highest BCUT2D eigenvalue weighted by Gasteiger charge is 2.14. The van der Waals surface area contributed by atoms with Crippen LogP contribution in [0.5, 0.6) is 0 Å². The van der Waals surface area contributed by atoms with Crippen LogP contribution in [0.4, 0.5) is 0 Å². The molecule has 1 N–H and O–H groups in total. The van der Waals surface area contributed by atoms with Gasteiger partial charge in [0.25, 0.3) is 0 Å². The van der Waals surface area contributed by atoms with Crippen LogP contribution >= 0.6 is 0 Å². The zero-order valence-corrected chi connectivity index (χ0v) is 10.1. The Bertz CT molecular complexity index is 657. The first-order valence-corrected chi connectivity index (χ1v) is 5.53. The highest BCUT2D eigenvalue weighted by Crippen LogP contribution is 2.13. The number of fused-ring (bicyclic) bond motifs is 1. The van der Waals surface area contributed by atoms with Gasteiger partial charge in [0.1, 0.15) is 17.3 Å². The van der Waals surface area contributed by atoms with Crippen molar-refractivity contribution in [1.29, 1.82) is 5.26 Å². The number of nitrogens with one attached hydrogen (secondary N) is 1. The quantitative estimate of drug-likeness (QED) is 0.850. The number of H-pyrrole nitrogens is 1. The molecule has 2 heterocycles. The van der Waals surface area contributed by atoms with Gasteiger partial charge in [-0.15, -0.1) is 0 Å². The third kappa shape index (κ3) is 1.82. The molecule has 0 unspecified atom stereocenters. The van der Waals surface area contributed by atoms with E-state index in [-0.39, 0.29) is 11.0 Å². The average molecular weight is 230 g/mol. The highest BCUT2D eigenvalue weighted by molar-refractivity contribution is 5.79. The normalized spacial score (nSPS) is 11.0. The second-order valence-corrected chi connectivity index (χ2v) is 4.53. The molecule has 5 heteroatoms. The molecule has 2 rings (SSSR count). The second kappa shape index (κ2) is 4.06. The lowest BCUT2D eigenvalue weighted by Gasteiger charge is -2.05. The lowest BCUT2D eigenvalue weighted by atomic mass is 10.2. The van der Waals surface area contributed by atoms with E-state index in [1.54, 1.807) is 11.6 Å². The van der Waals surface area contributed by atoms with Gasteiger partial charge in [-0.2, -0.15) is 10.4 Å². The Kier molecular flexibility index (Phi) is 2.72. The SMILES string of the molecule is Cc1nn(CC(C)C)c2[nH]cc(C#N)c(=O)c12. The van der Waals surface area contributed by atoms with E-state index in [0.29, 0.717) is 22.6 Å². The summed E-state index contributed by atoms with van der Waals surface area (Å²) >= 11 is 0. The van der Waals surface area contributed by atoms with E-state index in [1.807, 2.05) is 6.07 Å². The number of nitrogens with zero attached hydrogens (tertiary/aromatic N) is 3. The minimum atomic E-state index is -0.242.